The molecule has 0 radical (unpaired) electrons. The summed E-state index contributed by atoms with van der Waals surface area (Å²) < 4.78 is 41.4. The van der Waals surface area contributed by atoms with Crippen molar-refractivity contribution in [3.8, 4) is 11.5 Å². The van der Waals surface area contributed by atoms with E-state index in [4.69, 9.17) is 13.7 Å². The van der Waals surface area contributed by atoms with E-state index in [-0.39, 0.29) is 28.6 Å². The summed E-state index contributed by atoms with van der Waals surface area (Å²) in [6, 6.07) is 12.8. The van der Waals surface area contributed by atoms with Crippen LogP contribution in [0.3, 0.4) is 0 Å². The molecular weight excluding hydrogens is 430 g/mol. The number of methoxy groups -OCH3 is 1. The van der Waals surface area contributed by atoms with Crippen LogP contribution in [-0.4, -0.2) is 45.6 Å². The third kappa shape index (κ3) is 6.71. The van der Waals surface area contributed by atoms with Crippen molar-refractivity contribution < 1.29 is 26.9 Å². The van der Waals surface area contributed by atoms with Gasteiger partial charge in [0.1, 0.15) is 16.4 Å². The van der Waals surface area contributed by atoms with E-state index in [1.807, 2.05) is 19.9 Å². The molecule has 0 unspecified atom stereocenters. The molecule has 32 heavy (non-hydrogen) atoms. The van der Waals surface area contributed by atoms with Gasteiger partial charge >= 0.3 is 10.1 Å². The second-order valence-electron chi connectivity index (χ2n) is 8.37. The van der Waals surface area contributed by atoms with Gasteiger partial charge in [0, 0.05) is 26.1 Å². The van der Waals surface area contributed by atoms with Crippen LogP contribution in [-0.2, 0) is 26.2 Å². The third-order valence-corrected chi connectivity index (χ3v) is 6.47. The van der Waals surface area contributed by atoms with Crippen molar-refractivity contribution in [1.82, 2.24) is 4.90 Å². The SMILES string of the molecule is COc1ccc(S(=O)(=O)Oc2cccc(CN(C[C@@H]3CCCO3)C(=O)CC(C)C)c2)cc1. The van der Waals surface area contributed by atoms with Crippen molar-refractivity contribution >= 4 is 16.0 Å². The Labute approximate surface area is 190 Å². The highest BCUT2D eigenvalue weighted by atomic mass is 32.2. The van der Waals surface area contributed by atoms with Crippen LogP contribution in [0.2, 0.25) is 0 Å². The van der Waals surface area contributed by atoms with Gasteiger partial charge < -0.3 is 18.6 Å². The lowest BCUT2D eigenvalue weighted by atomic mass is 10.1. The van der Waals surface area contributed by atoms with Crippen LogP contribution in [0.5, 0.6) is 11.5 Å². The average Bonchev–Trinajstić information content (AvgIpc) is 3.26. The molecule has 3 rings (SSSR count). The van der Waals surface area contributed by atoms with E-state index in [0.29, 0.717) is 25.3 Å². The van der Waals surface area contributed by atoms with Gasteiger partial charge in [0.15, 0.2) is 0 Å². The van der Waals surface area contributed by atoms with Gasteiger partial charge in [-0.05, 0) is 60.7 Å². The van der Waals surface area contributed by atoms with Gasteiger partial charge in [0.05, 0.1) is 13.2 Å². The van der Waals surface area contributed by atoms with Crippen LogP contribution in [0.4, 0.5) is 0 Å². The fourth-order valence-corrected chi connectivity index (χ4v) is 4.52. The van der Waals surface area contributed by atoms with Crippen molar-refractivity contribution in [2.45, 2.75) is 50.7 Å². The van der Waals surface area contributed by atoms with E-state index in [1.54, 1.807) is 35.2 Å². The predicted octanol–water partition coefficient (Wildman–Crippen LogP) is 4.02. The second-order valence-corrected chi connectivity index (χ2v) is 9.91. The molecule has 174 valence electrons. The van der Waals surface area contributed by atoms with Gasteiger partial charge in [-0.2, -0.15) is 8.42 Å². The summed E-state index contributed by atoms with van der Waals surface area (Å²) in [4.78, 5) is 14.7. The van der Waals surface area contributed by atoms with Crippen molar-refractivity contribution in [2.24, 2.45) is 5.92 Å². The van der Waals surface area contributed by atoms with Crippen molar-refractivity contribution in [1.29, 1.82) is 0 Å². The fourth-order valence-electron chi connectivity index (χ4n) is 3.60. The molecule has 2 aromatic carbocycles. The van der Waals surface area contributed by atoms with Crippen LogP contribution in [0.15, 0.2) is 53.4 Å². The number of hydrogen-bond acceptors (Lipinski definition) is 6. The monoisotopic (exact) mass is 461 g/mol. The molecule has 7 nitrogen and oxygen atoms in total. The summed E-state index contributed by atoms with van der Waals surface area (Å²) in [6.45, 7) is 5.65. The normalized spacial score (nSPS) is 16.2. The Kier molecular flexibility index (Phi) is 8.15. The van der Waals surface area contributed by atoms with Crippen molar-refractivity contribution in [2.75, 3.05) is 20.3 Å². The molecule has 0 N–H and O–H groups in total. The maximum atomic E-state index is 12.8. The summed E-state index contributed by atoms with van der Waals surface area (Å²) in [5, 5.41) is 0. The van der Waals surface area contributed by atoms with Crippen LogP contribution in [0.1, 0.15) is 38.7 Å². The number of carbonyl (C=O) groups is 1. The zero-order chi connectivity index (χ0) is 23.1. The minimum atomic E-state index is -3.99. The summed E-state index contributed by atoms with van der Waals surface area (Å²) in [5.74, 6) is 1.07. The van der Waals surface area contributed by atoms with Crippen molar-refractivity contribution in [3.63, 3.8) is 0 Å². The minimum absolute atomic E-state index is 0.0378. The van der Waals surface area contributed by atoms with E-state index in [0.717, 1.165) is 25.0 Å². The highest BCUT2D eigenvalue weighted by molar-refractivity contribution is 7.87. The molecule has 0 aliphatic carbocycles. The molecule has 1 atom stereocenters. The van der Waals surface area contributed by atoms with Crippen LogP contribution in [0, 0.1) is 5.92 Å². The second kappa shape index (κ2) is 10.8. The molecule has 0 saturated carbocycles. The highest BCUT2D eigenvalue weighted by Gasteiger charge is 2.24. The summed E-state index contributed by atoms with van der Waals surface area (Å²) >= 11 is 0. The standard InChI is InChI=1S/C24H31NO6S/c1-18(2)14-24(26)25(17-22-8-5-13-30-22)16-19-6-4-7-21(15-19)31-32(27,28)23-11-9-20(29-3)10-12-23/h4,6-7,9-12,15,18,22H,5,8,13-14,16-17H2,1-3H3/t22-/m0/s1. The van der Waals surface area contributed by atoms with Gasteiger partial charge in [-0.3, -0.25) is 4.79 Å². The van der Waals surface area contributed by atoms with Gasteiger partial charge in [0.2, 0.25) is 5.91 Å². The first-order valence-corrected chi connectivity index (χ1v) is 12.2. The Morgan fingerprint density at radius 3 is 2.53 bits per heavy atom. The number of amides is 1. The van der Waals surface area contributed by atoms with E-state index in [1.165, 1.54) is 19.2 Å². The quantitative estimate of drug-likeness (QED) is 0.497. The van der Waals surface area contributed by atoms with E-state index in [9.17, 15) is 13.2 Å². The molecule has 0 aromatic heterocycles. The third-order valence-electron chi connectivity index (χ3n) is 5.21. The average molecular weight is 462 g/mol. The Balaban J connectivity index is 1.74. The Bertz CT molecular complexity index is 997. The smallest absolute Gasteiger partial charge is 0.339 e. The van der Waals surface area contributed by atoms with Crippen molar-refractivity contribution in [3.05, 3.63) is 54.1 Å². The van der Waals surface area contributed by atoms with Gasteiger partial charge in [0.25, 0.3) is 0 Å². The number of carbonyl (C=O) groups excluding carboxylic acids is 1. The number of ether oxygens (including phenoxy) is 2. The lowest BCUT2D eigenvalue weighted by molar-refractivity contribution is -0.134. The first kappa shape index (κ1) is 24.1. The zero-order valence-corrected chi connectivity index (χ0v) is 19.6. The van der Waals surface area contributed by atoms with Gasteiger partial charge in [-0.15, -0.1) is 0 Å². The van der Waals surface area contributed by atoms with E-state index < -0.39 is 10.1 Å². The molecule has 2 aromatic rings. The summed E-state index contributed by atoms with van der Waals surface area (Å²) in [6.07, 6.45) is 2.44. The summed E-state index contributed by atoms with van der Waals surface area (Å²) in [7, 11) is -2.48. The lowest BCUT2D eigenvalue weighted by Gasteiger charge is -2.26. The first-order valence-electron chi connectivity index (χ1n) is 10.8. The van der Waals surface area contributed by atoms with Gasteiger partial charge in [-0.1, -0.05) is 26.0 Å². The molecule has 0 spiro atoms. The molecule has 1 saturated heterocycles. The topological polar surface area (TPSA) is 82.1 Å². The first-order chi connectivity index (χ1) is 15.3. The van der Waals surface area contributed by atoms with Crippen LogP contribution in [0.25, 0.3) is 0 Å². The van der Waals surface area contributed by atoms with Crippen LogP contribution < -0.4 is 8.92 Å². The fraction of sp³-hybridized carbons (Fsp3) is 0.458. The number of benzene rings is 2. The zero-order valence-electron chi connectivity index (χ0n) is 18.8. The molecular formula is C24H31NO6S. The molecule has 1 fully saturated rings. The number of nitrogens with zero attached hydrogens (tertiary/aromatic N) is 1. The largest absolute Gasteiger partial charge is 0.497 e. The maximum absolute atomic E-state index is 12.8. The molecule has 1 aliphatic rings. The lowest BCUT2D eigenvalue weighted by Crippen LogP contribution is -2.37. The number of rotatable bonds is 10. The Morgan fingerprint density at radius 2 is 1.91 bits per heavy atom. The van der Waals surface area contributed by atoms with Gasteiger partial charge in [-0.25, -0.2) is 0 Å². The predicted molar refractivity (Wildman–Crippen MR) is 121 cm³/mol. The molecule has 1 heterocycles. The maximum Gasteiger partial charge on any atom is 0.339 e. The minimum Gasteiger partial charge on any atom is -0.497 e. The van der Waals surface area contributed by atoms with E-state index in [2.05, 4.69) is 0 Å². The number of hydrogen-bond donors (Lipinski definition) is 0. The van der Waals surface area contributed by atoms with E-state index >= 15 is 0 Å². The van der Waals surface area contributed by atoms with Crippen LogP contribution >= 0.6 is 0 Å². The summed E-state index contributed by atoms with van der Waals surface area (Å²) in [5.41, 5.74) is 0.794. The Hall–Kier alpha value is -2.58. The Morgan fingerprint density at radius 1 is 1.16 bits per heavy atom. The molecule has 8 heteroatoms. The molecule has 0 bridgehead atoms. The highest BCUT2D eigenvalue weighted by Crippen LogP contribution is 2.23. The molecule has 1 aliphatic heterocycles. The molecule has 1 amide bonds.